The Hall–Kier alpha value is -0.960. The van der Waals surface area contributed by atoms with Crippen LogP contribution in [-0.4, -0.2) is 89.3 Å². The summed E-state index contributed by atoms with van der Waals surface area (Å²) in [5.74, 6) is 1.48. The summed E-state index contributed by atoms with van der Waals surface area (Å²) in [5, 5.41) is 9.18. The van der Waals surface area contributed by atoms with Gasteiger partial charge in [0.15, 0.2) is 9.84 Å². The zero-order chi connectivity index (χ0) is 15.7. The fourth-order valence-electron chi connectivity index (χ4n) is 3.66. The van der Waals surface area contributed by atoms with Crippen LogP contribution in [-0.2, 0) is 23.3 Å². The average Bonchev–Trinajstić information content (AvgIpc) is 3.00. The van der Waals surface area contributed by atoms with Crippen molar-refractivity contribution in [3.8, 4) is 0 Å². The van der Waals surface area contributed by atoms with Crippen molar-refractivity contribution < 1.29 is 13.5 Å². The molecule has 3 heterocycles. The van der Waals surface area contributed by atoms with Gasteiger partial charge in [-0.3, -0.25) is 9.80 Å². The van der Waals surface area contributed by atoms with E-state index in [0.29, 0.717) is 6.54 Å². The molecule has 8 heteroatoms. The van der Waals surface area contributed by atoms with Gasteiger partial charge in [0.05, 0.1) is 18.1 Å². The SMILES string of the molecule is Cn1ccnc1CCN1CCN(CCO)[C@@H]2CS(=O)(=O)C[C@@H]21. The number of piperazine rings is 1. The van der Waals surface area contributed by atoms with Crippen LogP contribution < -0.4 is 0 Å². The zero-order valence-electron chi connectivity index (χ0n) is 12.9. The molecule has 1 aromatic rings. The third-order valence-corrected chi connectivity index (χ3v) is 6.54. The standard InChI is InChI=1S/C14H24N4O3S/c1-16-5-3-15-14(16)2-4-17-6-7-18(8-9-19)13-11-22(20,21)10-12(13)17/h3,5,12-13,19H,2,4,6-11H2,1H3/t12-,13+/m0/s1. The van der Waals surface area contributed by atoms with E-state index in [1.807, 2.05) is 17.8 Å². The van der Waals surface area contributed by atoms with Gasteiger partial charge in [-0.05, 0) is 0 Å². The molecule has 2 aliphatic rings. The highest BCUT2D eigenvalue weighted by atomic mass is 32.2. The summed E-state index contributed by atoms with van der Waals surface area (Å²) in [7, 11) is -1.00. The molecular formula is C14H24N4O3S. The number of aliphatic hydroxyl groups is 1. The summed E-state index contributed by atoms with van der Waals surface area (Å²) in [5.41, 5.74) is 0. The van der Waals surface area contributed by atoms with Crippen LogP contribution in [0.2, 0.25) is 0 Å². The van der Waals surface area contributed by atoms with E-state index in [9.17, 15) is 13.5 Å². The van der Waals surface area contributed by atoms with E-state index in [0.717, 1.165) is 31.9 Å². The van der Waals surface area contributed by atoms with Crippen molar-refractivity contribution in [1.29, 1.82) is 0 Å². The van der Waals surface area contributed by atoms with Crippen molar-refractivity contribution in [2.45, 2.75) is 18.5 Å². The molecule has 0 spiro atoms. The lowest BCUT2D eigenvalue weighted by Crippen LogP contribution is -2.59. The monoisotopic (exact) mass is 328 g/mol. The molecule has 2 fully saturated rings. The molecule has 2 saturated heterocycles. The summed E-state index contributed by atoms with van der Waals surface area (Å²) in [4.78, 5) is 8.75. The second kappa shape index (κ2) is 6.27. The van der Waals surface area contributed by atoms with E-state index in [-0.39, 0.29) is 30.2 Å². The number of hydrogen-bond acceptors (Lipinski definition) is 6. The molecule has 2 aliphatic heterocycles. The first kappa shape index (κ1) is 15.9. The number of sulfone groups is 1. The fraction of sp³-hybridized carbons (Fsp3) is 0.786. The molecule has 0 unspecified atom stereocenters. The molecule has 0 aliphatic carbocycles. The lowest BCUT2D eigenvalue weighted by Gasteiger charge is -2.43. The smallest absolute Gasteiger partial charge is 0.153 e. The van der Waals surface area contributed by atoms with Gasteiger partial charge < -0.3 is 9.67 Å². The Bertz CT molecular complexity index is 615. The first-order valence-corrected chi connectivity index (χ1v) is 9.58. The topological polar surface area (TPSA) is 78.7 Å². The molecule has 1 aromatic heterocycles. The van der Waals surface area contributed by atoms with Gasteiger partial charge in [0.1, 0.15) is 5.82 Å². The number of rotatable bonds is 5. The van der Waals surface area contributed by atoms with Gasteiger partial charge in [0, 0.05) is 64.1 Å². The van der Waals surface area contributed by atoms with Gasteiger partial charge in [-0.25, -0.2) is 13.4 Å². The predicted molar refractivity (Wildman–Crippen MR) is 83.4 cm³/mol. The summed E-state index contributed by atoms with van der Waals surface area (Å²) >= 11 is 0. The number of imidazole rings is 1. The lowest BCUT2D eigenvalue weighted by molar-refractivity contribution is 0.0356. The van der Waals surface area contributed by atoms with Crippen molar-refractivity contribution in [3.05, 3.63) is 18.2 Å². The van der Waals surface area contributed by atoms with Crippen molar-refractivity contribution >= 4 is 9.84 Å². The Morgan fingerprint density at radius 2 is 1.86 bits per heavy atom. The number of nitrogens with zero attached hydrogens (tertiary/aromatic N) is 4. The highest BCUT2D eigenvalue weighted by Gasteiger charge is 2.46. The van der Waals surface area contributed by atoms with E-state index in [4.69, 9.17) is 0 Å². The van der Waals surface area contributed by atoms with Crippen molar-refractivity contribution in [2.75, 3.05) is 44.3 Å². The van der Waals surface area contributed by atoms with E-state index < -0.39 is 9.84 Å². The number of hydrogen-bond donors (Lipinski definition) is 1. The first-order chi connectivity index (χ1) is 10.5. The first-order valence-electron chi connectivity index (χ1n) is 7.76. The second-order valence-electron chi connectivity index (χ2n) is 6.21. The summed E-state index contributed by atoms with van der Waals surface area (Å²) in [6.45, 7) is 3.13. The maximum Gasteiger partial charge on any atom is 0.153 e. The van der Waals surface area contributed by atoms with Gasteiger partial charge in [0.25, 0.3) is 0 Å². The molecule has 7 nitrogen and oxygen atoms in total. The number of fused-ring (bicyclic) bond motifs is 1. The summed E-state index contributed by atoms with van der Waals surface area (Å²) in [6.07, 6.45) is 4.54. The number of aryl methyl sites for hydroxylation is 1. The van der Waals surface area contributed by atoms with Crippen molar-refractivity contribution in [2.24, 2.45) is 7.05 Å². The molecule has 3 rings (SSSR count). The van der Waals surface area contributed by atoms with Crippen LogP contribution in [0.5, 0.6) is 0 Å². The van der Waals surface area contributed by atoms with Crippen LogP contribution in [0.15, 0.2) is 12.4 Å². The van der Waals surface area contributed by atoms with Crippen LogP contribution in [0.1, 0.15) is 5.82 Å². The molecule has 0 saturated carbocycles. The average molecular weight is 328 g/mol. The minimum atomic E-state index is -2.98. The quantitative estimate of drug-likeness (QED) is 0.727. The Kier molecular flexibility index (Phi) is 4.54. The fourth-order valence-corrected chi connectivity index (χ4v) is 5.70. The van der Waals surface area contributed by atoms with Gasteiger partial charge in [-0.15, -0.1) is 0 Å². The predicted octanol–water partition coefficient (Wildman–Crippen LogP) is -1.26. The Labute approximate surface area is 131 Å². The van der Waals surface area contributed by atoms with Crippen LogP contribution in [0.4, 0.5) is 0 Å². The Balaban J connectivity index is 1.69. The zero-order valence-corrected chi connectivity index (χ0v) is 13.7. The molecule has 0 bridgehead atoms. The van der Waals surface area contributed by atoms with Crippen LogP contribution >= 0.6 is 0 Å². The van der Waals surface area contributed by atoms with E-state index in [2.05, 4.69) is 14.8 Å². The Morgan fingerprint density at radius 1 is 1.23 bits per heavy atom. The van der Waals surface area contributed by atoms with Crippen LogP contribution in [0.3, 0.4) is 0 Å². The maximum absolute atomic E-state index is 12.0. The minimum absolute atomic E-state index is 0.0206. The molecule has 1 N–H and O–H groups in total. The largest absolute Gasteiger partial charge is 0.395 e. The molecule has 0 amide bonds. The van der Waals surface area contributed by atoms with Gasteiger partial charge in [0.2, 0.25) is 0 Å². The third-order valence-electron chi connectivity index (χ3n) is 4.84. The normalized spacial score (nSPS) is 28.8. The highest BCUT2D eigenvalue weighted by Crippen LogP contribution is 2.26. The summed E-state index contributed by atoms with van der Waals surface area (Å²) in [6, 6.07) is 0.0674. The van der Waals surface area contributed by atoms with Gasteiger partial charge in [-0.1, -0.05) is 0 Å². The number of β-amino-alcohol motifs (C(OH)–C–C–N with tert-alkyl or cyclic N) is 1. The van der Waals surface area contributed by atoms with Crippen molar-refractivity contribution in [1.82, 2.24) is 19.4 Å². The molecular weight excluding hydrogens is 304 g/mol. The molecule has 0 aromatic carbocycles. The summed E-state index contributed by atoms with van der Waals surface area (Å²) < 4.78 is 26.1. The molecule has 0 radical (unpaired) electrons. The Morgan fingerprint density at radius 3 is 2.41 bits per heavy atom. The highest BCUT2D eigenvalue weighted by molar-refractivity contribution is 7.91. The lowest BCUT2D eigenvalue weighted by atomic mass is 10.0. The van der Waals surface area contributed by atoms with Crippen LogP contribution in [0.25, 0.3) is 0 Å². The second-order valence-corrected chi connectivity index (χ2v) is 8.37. The maximum atomic E-state index is 12.0. The molecule has 124 valence electrons. The van der Waals surface area contributed by atoms with E-state index in [1.54, 1.807) is 6.20 Å². The third kappa shape index (κ3) is 3.19. The van der Waals surface area contributed by atoms with Gasteiger partial charge in [-0.2, -0.15) is 0 Å². The van der Waals surface area contributed by atoms with E-state index in [1.165, 1.54) is 0 Å². The van der Waals surface area contributed by atoms with Crippen LogP contribution in [0, 0.1) is 0 Å². The molecule has 2 atom stereocenters. The van der Waals surface area contributed by atoms with Gasteiger partial charge >= 0.3 is 0 Å². The molecule has 22 heavy (non-hydrogen) atoms. The number of aliphatic hydroxyl groups excluding tert-OH is 1. The minimum Gasteiger partial charge on any atom is -0.395 e. The number of aromatic nitrogens is 2. The van der Waals surface area contributed by atoms with Crippen molar-refractivity contribution in [3.63, 3.8) is 0 Å². The van der Waals surface area contributed by atoms with E-state index >= 15 is 0 Å².